The average Bonchev–Trinajstić information content (AvgIpc) is 2.55. The maximum atomic E-state index is 12.4. The summed E-state index contributed by atoms with van der Waals surface area (Å²) in [5.74, 6) is -1.15. The molecule has 0 atom stereocenters. The molecule has 0 spiro atoms. The van der Waals surface area contributed by atoms with Crippen LogP contribution in [-0.2, 0) is 19.6 Å². The van der Waals surface area contributed by atoms with Gasteiger partial charge in [-0.2, -0.15) is 9.42 Å². The van der Waals surface area contributed by atoms with Crippen molar-refractivity contribution >= 4 is 21.7 Å². The zero-order valence-corrected chi connectivity index (χ0v) is 14.9. The number of methoxy groups -OCH3 is 1. The lowest BCUT2D eigenvalue weighted by Crippen LogP contribution is -2.30. The van der Waals surface area contributed by atoms with Gasteiger partial charge in [0.25, 0.3) is 0 Å². The minimum Gasteiger partial charge on any atom is -0.510 e. The maximum Gasteiger partial charge on any atom is 0.362 e. The van der Waals surface area contributed by atoms with E-state index in [1.165, 1.54) is 35.5 Å². The van der Waals surface area contributed by atoms with Crippen LogP contribution in [0.25, 0.3) is 0 Å². The van der Waals surface area contributed by atoms with E-state index in [9.17, 15) is 18.3 Å². The fraction of sp³-hybridized carbons (Fsp3) is 0.400. The van der Waals surface area contributed by atoms with E-state index in [1.807, 2.05) is 0 Å². The van der Waals surface area contributed by atoms with Crippen LogP contribution >= 0.6 is 0 Å². The highest BCUT2D eigenvalue weighted by Gasteiger charge is 2.21. The number of carbonyl (C=O) groups is 1. The minimum absolute atomic E-state index is 0.146. The van der Waals surface area contributed by atoms with Crippen LogP contribution in [0, 0.1) is 0 Å². The molecular formula is C15H21N3O5S. The maximum absolute atomic E-state index is 12.4. The molecule has 0 bridgehead atoms. The van der Waals surface area contributed by atoms with Crippen LogP contribution in [0.1, 0.15) is 20.8 Å². The van der Waals surface area contributed by atoms with Crippen molar-refractivity contribution in [3.05, 3.63) is 35.7 Å². The minimum atomic E-state index is -3.54. The number of nitrogens with zero attached hydrogens (tertiary/aromatic N) is 3. The highest BCUT2D eigenvalue weighted by atomic mass is 32.2. The van der Waals surface area contributed by atoms with Gasteiger partial charge in [-0.3, -0.25) is 0 Å². The number of benzene rings is 1. The summed E-state index contributed by atoms with van der Waals surface area (Å²) in [7, 11) is -2.38. The average molecular weight is 355 g/mol. The number of hydrogen-bond donors (Lipinski definition) is 1. The van der Waals surface area contributed by atoms with Crippen LogP contribution in [0.2, 0.25) is 0 Å². The molecule has 8 nitrogen and oxygen atoms in total. The van der Waals surface area contributed by atoms with Crippen molar-refractivity contribution in [2.75, 3.05) is 20.2 Å². The SMILES string of the molecule is CCN(CC)S(=O)(=O)c1ccc(N=N/C(C(=O)OC)=C(/C)O)cc1. The second kappa shape index (κ2) is 8.55. The molecule has 0 aliphatic heterocycles. The summed E-state index contributed by atoms with van der Waals surface area (Å²) < 4.78 is 30.5. The number of sulfonamides is 1. The van der Waals surface area contributed by atoms with Crippen molar-refractivity contribution in [3.63, 3.8) is 0 Å². The Labute approximate surface area is 141 Å². The van der Waals surface area contributed by atoms with Gasteiger partial charge in [-0.05, 0) is 31.2 Å². The number of carbonyl (C=O) groups excluding carboxylic acids is 1. The van der Waals surface area contributed by atoms with Gasteiger partial charge in [-0.15, -0.1) is 5.11 Å². The fourth-order valence-corrected chi connectivity index (χ4v) is 3.32. The third-order valence-corrected chi connectivity index (χ3v) is 5.23. The van der Waals surface area contributed by atoms with E-state index in [2.05, 4.69) is 15.0 Å². The quantitative estimate of drug-likeness (QED) is 0.350. The van der Waals surface area contributed by atoms with Gasteiger partial charge in [-0.25, -0.2) is 13.2 Å². The number of hydrogen-bond acceptors (Lipinski definition) is 7. The van der Waals surface area contributed by atoms with Crippen molar-refractivity contribution in [3.8, 4) is 0 Å². The number of allylic oxidation sites excluding steroid dienone is 1. The third kappa shape index (κ3) is 4.62. The molecule has 24 heavy (non-hydrogen) atoms. The highest BCUT2D eigenvalue weighted by Crippen LogP contribution is 2.21. The molecule has 0 aliphatic carbocycles. The first-order valence-electron chi connectivity index (χ1n) is 7.28. The Morgan fingerprint density at radius 1 is 1.21 bits per heavy atom. The van der Waals surface area contributed by atoms with Crippen molar-refractivity contribution in [2.45, 2.75) is 25.7 Å². The molecule has 0 saturated heterocycles. The zero-order chi connectivity index (χ0) is 18.3. The number of rotatable bonds is 7. The topological polar surface area (TPSA) is 109 Å². The first-order valence-corrected chi connectivity index (χ1v) is 8.72. The first-order chi connectivity index (χ1) is 11.3. The molecule has 0 saturated carbocycles. The summed E-state index contributed by atoms with van der Waals surface area (Å²) in [4.78, 5) is 11.6. The van der Waals surface area contributed by atoms with Gasteiger partial charge in [0, 0.05) is 13.1 Å². The van der Waals surface area contributed by atoms with Gasteiger partial charge in [0.2, 0.25) is 15.7 Å². The number of esters is 1. The predicted molar refractivity (Wildman–Crippen MR) is 88.4 cm³/mol. The third-order valence-electron chi connectivity index (χ3n) is 3.17. The lowest BCUT2D eigenvalue weighted by molar-refractivity contribution is -0.136. The first kappa shape index (κ1) is 19.8. The summed E-state index contributed by atoms with van der Waals surface area (Å²) in [5.41, 5.74) is 0.00786. The van der Waals surface area contributed by atoms with Gasteiger partial charge < -0.3 is 9.84 Å². The van der Waals surface area contributed by atoms with Gasteiger partial charge in [0.1, 0.15) is 5.76 Å². The Balaban J connectivity index is 3.06. The van der Waals surface area contributed by atoms with Crippen LogP contribution in [0.15, 0.2) is 50.8 Å². The van der Waals surface area contributed by atoms with Crippen LogP contribution in [0.3, 0.4) is 0 Å². The van der Waals surface area contributed by atoms with E-state index < -0.39 is 16.0 Å². The van der Waals surface area contributed by atoms with E-state index >= 15 is 0 Å². The van der Waals surface area contributed by atoms with Crippen LogP contribution in [0.4, 0.5) is 5.69 Å². The highest BCUT2D eigenvalue weighted by molar-refractivity contribution is 7.89. The van der Waals surface area contributed by atoms with Crippen LogP contribution in [0.5, 0.6) is 0 Å². The second-order valence-electron chi connectivity index (χ2n) is 4.71. The fourth-order valence-electron chi connectivity index (χ4n) is 1.86. The largest absolute Gasteiger partial charge is 0.510 e. The molecule has 1 aromatic carbocycles. The molecule has 0 aliphatic rings. The molecule has 1 N–H and O–H groups in total. The van der Waals surface area contributed by atoms with E-state index in [0.29, 0.717) is 18.8 Å². The summed E-state index contributed by atoms with van der Waals surface area (Å²) in [5, 5.41) is 16.8. The van der Waals surface area contributed by atoms with Crippen molar-refractivity contribution < 1.29 is 23.1 Å². The molecule has 0 amide bonds. The van der Waals surface area contributed by atoms with Crippen LogP contribution in [-0.4, -0.2) is 44.0 Å². The van der Waals surface area contributed by atoms with E-state index in [-0.39, 0.29) is 16.4 Å². The monoisotopic (exact) mass is 355 g/mol. The van der Waals surface area contributed by atoms with Gasteiger partial charge >= 0.3 is 5.97 Å². The van der Waals surface area contributed by atoms with E-state index in [4.69, 9.17) is 0 Å². The number of azo groups is 1. The molecule has 132 valence electrons. The molecule has 1 aromatic rings. The molecule has 1 rings (SSSR count). The van der Waals surface area contributed by atoms with Crippen molar-refractivity contribution in [1.82, 2.24) is 4.31 Å². The van der Waals surface area contributed by atoms with Crippen LogP contribution < -0.4 is 0 Å². The van der Waals surface area contributed by atoms with Gasteiger partial charge in [0.15, 0.2) is 0 Å². The number of aliphatic hydroxyl groups excluding tert-OH is 1. The molecule has 0 heterocycles. The molecule has 0 aromatic heterocycles. The van der Waals surface area contributed by atoms with E-state index in [0.717, 1.165) is 7.11 Å². The summed E-state index contributed by atoms with van der Waals surface area (Å²) in [6, 6.07) is 5.74. The smallest absolute Gasteiger partial charge is 0.362 e. The van der Waals surface area contributed by atoms with E-state index in [1.54, 1.807) is 13.8 Å². The molecule has 0 radical (unpaired) electrons. The van der Waals surface area contributed by atoms with Gasteiger partial charge in [-0.1, -0.05) is 13.8 Å². The Morgan fingerprint density at radius 2 is 1.75 bits per heavy atom. The molecule has 0 fully saturated rings. The molecule has 0 unspecified atom stereocenters. The Kier molecular flexibility index (Phi) is 7.05. The number of ether oxygens (including phenoxy) is 1. The number of aliphatic hydroxyl groups is 1. The lowest BCUT2D eigenvalue weighted by atomic mass is 10.3. The van der Waals surface area contributed by atoms with Gasteiger partial charge in [0.05, 0.1) is 17.7 Å². The lowest BCUT2D eigenvalue weighted by Gasteiger charge is -2.18. The van der Waals surface area contributed by atoms with Crippen molar-refractivity contribution in [2.24, 2.45) is 10.2 Å². The standard InChI is InChI=1S/C15H21N3O5S/c1-5-18(6-2)24(21,22)13-9-7-12(8-10-13)16-17-14(11(3)19)15(20)23-4/h7-10,19H,5-6H2,1-4H3/b14-11-,17-16?. The Morgan fingerprint density at radius 3 is 2.17 bits per heavy atom. The Bertz CT molecular complexity index is 731. The summed E-state index contributed by atoms with van der Waals surface area (Å²) in [6.07, 6.45) is 0. The summed E-state index contributed by atoms with van der Waals surface area (Å²) in [6.45, 7) is 5.57. The second-order valence-corrected chi connectivity index (χ2v) is 6.65. The zero-order valence-electron chi connectivity index (χ0n) is 14.1. The molecular weight excluding hydrogens is 334 g/mol. The summed E-state index contributed by atoms with van der Waals surface area (Å²) >= 11 is 0. The molecule has 9 heteroatoms. The predicted octanol–water partition coefficient (Wildman–Crippen LogP) is 2.76. The van der Waals surface area contributed by atoms with Crippen molar-refractivity contribution in [1.29, 1.82) is 0 Å². The normalized spacial score (nSPS) is 13.2. The Hall–Kier alpha value is -2.26.